The van der Waals surface area contributed by atoms with E-state index in [0.29, 0.717) is 77.0 Å². The quantitative estimate of drug-likeness (QED) is 0.0344. The summed E-state index contributed by atoms with van der Waals surface area (Å²) in [7, 11) is 2.70. The molecular weight excluding hydrogens is 1750 g/mol. The number of carbonyl (C=O) groups excluding carboxylic acids is 16. The number of aromatic amines is 2. The summed E-state index contributed by atoms with van der Waals surface area (Å²) >= 11 is 0. The van der Waals surface area contributed by atoms with E-state index < -0.39 is 261 Å². The van der Waals surface area contributed by atoms with Gasteiger partial charge in [-0.25, -0.2) is 9.37 Å². The number of imidazole rings is 1. The molecule has 0 spiro atoms. The largest absolute Gasteiger partial charge is 0.481 e. The van der Waals surface area contributed by atoms with Gasteiger partial charge in [-0.1, -0.05) is 102 Å². The third-order valence-corrected chi connectivity index (χ3v) is 24.9. The predicted molar refractivity (Wildman–Crippen MR) is 485 cm³/mol. The highest BCUT2D eigenvalue weighted by molar-refractivity contribution is 6.03. The second-order valence-corrected chi connectivity index (χ2v) is 35.4. The Kier molecular flexibility index (Phi) is 36.9. The fourth-order valence-corrected chi connectivity index (χ4v) is 17.8. The first-order chi connectivity index (χ1) is 64.3. The molecule has 4 saturated heterocycles. The number of hydrogen-bond acceptors (Lipinski definition) is 21. The molecule has 10 rings (SSSR count). The minimum absolute atomic E-state index is 0.0104. The first kappa shape index (κ1) is 103. The van der Waals surface area contributed by atoms with Crippen LogP contribution in [0.3, 0.4) is 0 Å². The summed E-state index contributed by atoms with van der Waals surface area (Å²) in [5.74, 6) is -19.0. The number of fused-ring (bicyclic) bond motifs is 5. The number of piperidine rings is 1. The number of carbonyl (C=O) groups is 18. The van der Waals surface area contributed by atoms with Crippen molar-refractivity contribution in [2.24, 2.45) is 17.4 Å². The van der Waals surface area contributed by atoms with Crippen LogP contribution in [0.2, 0.25) is 0 Å². The standard InChI is InChI=1S/C92H124FN21O21/c1-8-10-22-70-84(127)103-62(35-50(3)4)82(125)108-68(79(95)122)44-96-45-76(117)101-65(36-52-27-29-55(93)30-28-52)90(133)112-33-17-16-25-71(112)86(129)107-67(41-75(94)116)91(134)113-34-18-26-72(113)85(128)105-64(39-56-43-97-49-99-56)83(126)102-61(31-32-77(118)119)89(132)114-47-57(115)40-74(114)87(130)104-63(37-53-42-98-60-21-14-12-19-58(53)60)81(124)100-51(5)80(123)106-66(88(131)110(7)73(23-11-9-2)92(135)109(70)6)38-54-46-111(48-78(120)121)69-24-15-13-20-59(54)69/h12-15,19-21,24,27-30,42-43,46,49-51,57,61-68,70-74,96,98,115H,8-11,16-18,22-23,25-26,31-41,44-45,47-48H2,1-7H3,(H2,94,116)(H2,95,122)(H,97,99)(H,100,124)(H,101,117)(H,102,126)(H,103,127)(H,104,130)(H,105,128)(H,106,123)(H,107,129)(H,108,125)(H,118,119)(H,120,121)/t51-,57+,61-,62-,63-,64-,65-,66-,67-,68-,70-,71-,72?,73-,74-/m0/s1. The number of likely N-dealkylation sites (N-methyl/N-ethyl adjacent to an activating group) is 2. The Bertz CT molecular complexity index is 5300. The van der Waals surface area contributed by atoms with Gasteiger partial charge in [0, 0.05) is 119 Å². The van der Waals surface area contributed by atoms with Crippen LogP contribution in [-0.2, 0) is 119 Å². The third-order valence-electron chi connectivity index (χ3n) is 24.9. The van der Waals surface area contributed by atoms with E-state index in [1.807, 2.05) is 13.8 Å². The molecule has 6 aromatic rings. The molecule has 19 N–H and O–H groups in total. The molecule has 7 heterocycles. The number of rotatable bonds is 24. The van der Waals surface area contributed by atoms with Gasteiger partial charge in [0.2, 0.25) is 94.5 Å². The molecule has 0 aliphatic carbocycles. The molecule has 16 amide bonds. The number of nitrogens with zero attached hydrogens (tertiary/aromatic N) is 7. The van der Waals surface area contributed by atoms with Crippen molar-refractivity contribution in [2.45, 2.75) is 260 Å². The van der Waals surface area contributed by atoms with E-state index in [1.54, 1.807) is 68.6 Å². The Morgan fingerprint density at radius 1 is 0.541 bits per heavy atom. The number of nitrogens with one attached hydrogen (secondary N) is 12. The van der Waals surface area contributed by atoms with E-state index in [2.05, 4.69) is 68.1 Å². The number of carboxylic acids is 2. The maximum absolute atomic E-state index is 15.8. The van der Waals surface area contributed by atoms with Gasteiger partial charge in [-0.05, 0) is 112 Å². The zero-order valence-electron chi connectivity index (χ0n) is 76.7. The maximum atomic E-state index is 15.8. The Morgan fingerprint density at radius 3 is 1.75 bits per heavy atom. The number of aromatic nitrogens is 4. The Hall–Kier alpha value is -13.7. The van der Waals surface area contributed by atoms with Gasteiger partial charge in [0.1, 0.15) is 96.9 Å². The molecule has 730 valence electrons. The highest BCUT2D eigenvalue weighted by Crippen LogP contribution is 2.30. The molecule has 4 fully saturated rings. The highest BCUT2D eigenvalue weighted by Gasteiger charge is 2.47. The van der Waals surface area contributed by atoms with Crippen molar-refractivity contribution < 1.29 is 106 Å². The summed E-state index contributed by atoms with van der Waals surface area (Å²) in [6.07, 6.45) is 2.52. The average Bonchev–Trinajstić information content (AvgIpc) is 1.63. The summed E-state index contributed by atoms with van der Waals surface area (Å²) in [6, 6.07) is -3.33. The van der Waals surface area contributed by atoms with E-state index in [-0.39, 0.29) is 82.5 Å². The van der Waals surface area contributed by atoms with Crippen molar-refractivity contribution in [3.63, 3.8) is 0 Å². The number of unbranched alkanes of at least 4 members (excludes halogenated alkanes) is 2. The SMILES string of the molecule is CCCC[C@H]1C(=O)N(C)[C@@H](CCCC)C(=O)N[C@@H](CC(C)C)C(=O)N[C@H](C(N)=O)CNCC(=O)N[C@@H](Cc2ccc(F)cc2)C(=O)N2CCCC[C@H]2C(=O)N[C@@H](CC(N)=O)C(=O)N2CCCC2C(=O)N[C@@H](Cc2c[nH]cn2)C(=O)N[C@@H](CCC(=O)O)C(=O)N2C[C@H](O)C[C@H]2C(=O)N[C@@H](Cc2c[nH]c3ccccc23)C(=O)N[C@@H](C)C(=O)N[C@@H](Cc2cn(CC(=O)O)c3ccccc23)C(=O)N1C. The van der Waals surface area contributed by atoms with Crippen LogP contribution in [0.25, 0.3) is 21.8 Å². The van der Waals surface area contributed by atoms with Gasteiger partial charge >= 0.3 is 11.9 Å². The zero-order valence-corrected chi connectivity index (χ0v) is 76.7. The number of amides is 16. The lowest BCUT2D eigenvalue weighted by molar-refractivity contribution is -0.149. The fourth-order valence-electron chi connectivity index (χ4n) is 17.8. The number of hydrogen-bond donors (Lipinski definition) is 17. The van der Waals surface area contributed by atoms with Gasteiger partial charge in [-0.15, -0.1) is 0 Å². The molecule has 15 atom stereocenters. The Balaban J connectivity index is 1.02. The number of benzene rings is 3. The van der Waals surface area contributed by atoms with Gasteiger partial charge in [-0.2, -0.15) is 0 Å². The monoisotopic (exact) mass is 1880 g/mol. The molecule has 42 nitrogen and oxygen atoms in total. The first-order valence-corrected chi connectivity index (χ1v) is 45.7. The molecule has 3 aromatic carbocycles. The predicted octanol–water partition coefficient (Wildman–Crippen LogP) is -1.03. The third kappa shape index (κ3) is 27.7. The van der Waals surface area contributed by atoms with Crippen LogP contribution < -0.4 is 64.6 Å². The summed E-state index contributed by atoms with van der Waals surface area (Å²) < 4.78 is 15.9. The first-order valence-electron chi connectivity index (χ1n) is 45.7. The zero-order chi connectivity index (χ0) is 98.2. The number of aliphatic hydroxyl groups is 1. The van der Waals surface area contributed by atoms with E-state index in [9.17, 15) is 58.1 Å². The van der Waals surface area contributed by atoms with E-state index >= 15 is 47.9 Å². The molecule has 4 aliphatic rings. The molecule has 3 aromatic heterocycles. The molecule has 0 bridgehead atoms. The van der Waals surface area contributed by atoms with E-state index in [0.717, 1.165) is 26.8 Å². The minimum Gasteiger partial charge on any atom is -0.481 e. The smallest absolute Gasteiger partial charge is 0.323 e. The lowest BCUT2D eigenvalue weighted by Crippen LogP contribution is -2.62. The van der Waals surface area contributed by atoms with Gasteiger partial charge in [0.05, 0.1) is 31.1 Å². The molecular formula is C92H124FN21O21. The van der Waals surface area contributed by atoms with Crippen molar-refractivity contribution in [1.29, 1.82) is 0 Å². The Labute approximate surface area is 778 Å². The van der Waals surface area contributed by atoms with Crippen LogP contribution in [0.15, 0.2) is 97.7 Å². The maximum Gasteiger partial charge on any atom is 0.323 e. The summed E-state index contributed by atoms with van der Waals surface area (Å²) in [4.78, 5) is 278. The highest BCUT2D eigenvalue weighted by atomic mass is 19.1. The normalized spacial score (nSPS) is 25.3. The van der Waals surface area contributed by atoms with Crippen LogP contribution in [-0.4, -0.2) is 303 Å². The van der Waals surface area contributed by atoms with Gasteiger partial charge in [0.25, 0.3) is 0 Å². The van der Waals surface area contributed by atoms with Gasteiger partial charge in [-0.3, -0.25) is 86.3 Å². The number of aliphatic hydroxyl groups excluding tert-OH is 1. The number of carboxylic acid groups (broad SMARTS) is 2. The minimum atomic E-state index is -1.84. The van der Waals surface area contributed by atoms with Gasteiger partial charge in [0.15, 0.2) is 0 Å². The second-order valence-electron chi connectivity index (χ2n) is 35.4. The van der Waals surface area contributed by atoms with Crippen LogP contribution in [0.1, 0.15) is 160 Å². The molecule has 1 unspecified atom stereocenters. The summed E-state index contributed by atoms with van der Waals surface area (Å²) in [6.45, 7) is 5.96. The lowest BCUT2D eigenvalue weighted by Gasteiger charge is -2.38. The average molecular weight is 1880 g/mol. The van der Waals surface area contributed by atoms with Crippen molar-refractivity contribution in [1.82, 2.24) is 97.2 Å². The fraction of sp³-hybridized carbons (Fsp3) is 0.533. The molecule has 0 saturated carbocycles. The number of primary amides is 2. The second kappa shape index (κ2) is 48.3. The van der Waals surface area contributed by atoms with Crippen LogP contribution >= 0.6 is 0 Å². The molecule has 43 heteroatoms. The van der Waals surface area contributed by atoms with Crippen molar-refractivity contribution >= 4 is 128 Å². The topological polar surface area (TPSA) is 606 Å². The van der Waals surface area contributed by atoms with Crippen LogP contribution in [0.5, 0.6) is 0 Å². The molecule has 135 heavy (non-hydrogen) atoms. The number of nitrogens with two attached hydrogens (primary N) is 2. The van der Waals surface area contributed by atoms with Crippen molar-refractivity contribution in [3.05, 3.63) is 126 Å². The van der Waals surface area contributed by atoms with Gasteiger partial charge < -0.3 is 119 Å². The van der Waals surface area contributed by atoms with E-state index in [4.69, 9.17) is 11.5 Å². The van der Waals surface area contributed by atoms with Crippen molar-refractivity contribution in [2.75, 3.05) is 46.8 Å². The number of aliphatic carboxylic acids is 2. The molecule has 0 radical (unpaired) electrons. The summed E-state index contributed by atoms with van der Waals surface area (Å²) in [5.41, 5.74) is 14.1. The molecule has 4 aliphatic heterocycles. The van der Waals surface area contributed by atoms with Crippen LogP contribution in [0.4, 0.5) is 4.39 Å². The van der Waals surface area contributed by atoms with Crippen LogP contribution in [0, 0.1) is 11.7 Å². The van der Waals surface area contributed by atoms with Crippen molar-refractivity contribution in [3.8, 4) is 0 Å². The number of para-hydroxylation sites is 2. The summed E-state index contributed by atoms with van der Waals surface area (Å²) in [5, 5.41) is 59.5. The number of H-pyrrole nitrogens is 2. The number of halogens is 1. The lowest BCUT2D eigenvalue weighted by atomic mass is 9.97. The Morgan fingerprint density at radius 2 is 1.10 bits per heavy atom. The van der Waals surface area contributed by atoms with E-state index in [1.165, 1.54) is 66.2 Å².